The lowest BCUT2D eigenvalue weighted by Gasteiger charge is -2.13. The number of nitrogen functional groups attached to an aromatic ring is 2. The SMILES string of the molecule is CN1C(=O)c2cc(-c3c(N)c(N)c(-c4cc5c(s4)C(=O)N(C)C5=O)c4nsnc34)sc2C1=O. The van der Waals surface area contributed by atoms with Gasteiger partial charge in [0.1, 0.15) is 20.8 Å². The standard InChI is InChI=1S/C20H12N6O4S3/c1-25-17(27)5-3-7(31-15(5)19(25)29)9-11(21)12(22)10(14-13(9)23-33-24-14)8-4-6-16(32-8)20(30)26(2)18(6)28/h3-4H,21-22H2,1-2H3. The Balaban J connectivity index is 1.57. The zero-order chi connectivity index (χ0) is 23.3. The number of nitrogens with zero attached hydrogens (tertiary/aromatic N) is 4. The second-order valence-corrected chi connectivity index (χ2v) is 10.2. The molecular weight excluding hydrogens is 484 g/mol. The van der Waals surface area contributed by atoms with Crippen molar-refractivity contribution in [3.8, 4) is 20.9 Å². The molecule has 5 heterocycles. The van der Waals surface area contributed by atoms with Gasteiger partial charge in [-0.25, -0.2) is 0 Å². The Morgan fingerprint density at radius 3 is 1.45 bits per heavy atom. The molecule has 10 nitrogen and oxygen atoms in total. The zero-order valence-electron chi connectivity index (χ0n) is 17.0. The molecule has 4 aromatic rings. The van der Waals surface area contributed by atoms with Crippen LogP contribution in [0.3, 0.4) is 0 Å². The van der Waals surface area contributed by atoms with Gasteiger partial charge >= 0.3 is 0 Å². The minimum absolute atomic E-state index is 0.224. The van der Waals surface area contributed by atoms with Crippen molar-refractivity contribution in [2.45, 2.75) is 0 Å². The van der Waals surface area contributed by atoms with Crippen LogP contribution in [0.15, 0.2) is 12.1 Å². The van der Waals surface area contributed by atoms with Crippen LogP contribution in [-0.4, -0.2) is 56.3 Å². The number of nitrogens with two attached hydrogens (primary N) is 2. The molecule has 4 N–H and O–H groups in total. The number of thiophene rings is 2. The third-order valence-corrected chi connectivity index (χ3v) is 8.63. The minimum atomic E-state index is -0.374. The lowest BCUT2D eigenvalue weighted by atomic mass is 10.00. The number of fused-ring (bicyclic) bond motifs is 3. The minimum Gasteiger partial charge on any atom is -0.396 e. The predicted octanol–water partition coefficient (Wildman–Crippen LogP) is 2.76. The molecule has 0 saturated heterocycles. The summed E-state index contributed by atoms with van der Waals surface area (Å²) in [5.74, 6) is -1.48. The van der Waals surface area contributed by atoms with Gasteiger partial charge in [-0.3, -0.25) is 29.0 Å². The molecule has 4 amide bonds. The van der Waals surface area contributed by atoms with E-state index in [1.165, 1.54) is 14.1 Å². The lowest BCUT2D eigenvalue weighted by molar-refractivity contribution is 0.0679. The molecule has 33 heavy (non-hydrogen) atoms. The van der Waals surface area contributed by atoms with Gasteiger partial charge in [0.15, 0.2) is 0 Å². The molecule has 1 aromatic carbocycles. The van der Waals surface area contributed by atoms with Crippen LogP contribution in [-0.2, 0) is 0 Å². The number of aromatic nitrogens is 2. The van der Waals surface area contributed by atoms with Crippen LogP contribution in [0, 0.1) is 0 Å². The van der Waals surface area contributed by atoms with Crippen LogP contribution >= 0.6 is 34.4 Å². The van der Waals surface area contributed by atoms with E-state index in [0.29, 0.717) is 52.8 Å². The molecule has 13 heteroatoms. The van der Waals surface area contributed by atoms with Crippen LogP contribution in [0.1, 0.15) is 40.1 Å². The number of rotatable bonds is 2. The van der Waals surface area contributed by atoms with Crippen molar-refractivity contribution in [2.75, 3.05) is 25.6 Å². The summed E-state index contributed by atoms with van der Waals surface area (Å²) in [4.78, 5) is 53.5. The van der Waals surface area contributed by atoms with Crippen LogP contribution in [0.4, 0.5) is 11.4 Å². The Labute approximate surface area is 197 Å². The summed E-state index contributed by atoms with van der Waals surface area (Å²) in [5, 5.41) is 0. The van der Waals surface area contributed by atoms with Crippen molar-refractivity contribution in [3.63, 3.8) is 0 Å². The normalized spacial score (nSPS) is 15.3. The summed E-state index contributed by atoms with van der Waals surface area (Å²) in [6.45, 7) is 0. The molecule has 0 fully saturated rings. The van der Waals surface area contributed by atoms with Crippen molar-refractivity contribution >= 4 is 80.4 Å². The number of hydrogen-bond donors (Lipinski definition) is 2. The number of carbonyl (C=O) groups excluding carboxylic acids is 4. The summed E-state index contributed by atoms with van der Waals surface area (Å²) < 4.78 is 8.82. The topological polar surface area (TPSA) is 153 Å². The van der Waals surface area contributed by atoms with E-state index in [1.807, 2.05) is 0 Å². The van der Waals surface area contributed by atoms with Crippen LogP contribution in [0.2, 0.25) is 0 Å². The first-order valence-electron chi connectivity index (χ1n) is 9.47. The first kappa shape index (κ1) is 20.0. The van der Waals surface area contributed by atoms with Gasteiger partial charge in [0.05, 0.1) is 34.2 Å². The van der Waals surface area contributed by atoms with Crippen molar-refractivity contribution in [1.82, 2.24) is 18.5 Å². The van der Waals surface area contributed by atoms with E-state index in [-0.39, 0.29) is 35.0 Å². The number of hydrogen-bond acceptors (Lipinski definition) is 11. The van der Waals surface area contributed by atoms with Crippen molar-refractivity contribution in [2.24, 2.45) is 0 Å². The van der Waals surface area contributed by atoms with Gasteiger partial charge in [-0.15, -0.1) is 22.7 Å². The maximum absolute atomic E-state index is 12.4. The highest BCUT2D eigenvalue weighted by molar-refractivity contribution is 7.19. The third-order valence-electron chi connectivity index (χ3n) is 5.82. The van der Waals surface area contributed by atoms with E-state index in [2.05, 4.69) is 8.75 Å². The molecule has 3 aromatic heterocycles. The van der Waals surface area contributed by atoms with E-state index in [0.717, 1.165) is 44.2 Å². The van der Waals surface area contributed by atoms with Crippen molar-refractivity contribution in [1.29, 1.82) is 0 Å². The Morgan fingerprint density at radius 2 is 1.09 bits per heavy atom. The summed E-state index contributed by atoms with van der Waals surface area (Å²) in [6.07, 6.45) is 0. The largest absolute Gasteiger partial charge is 0.396 e. The molecule has 0 unspecified atom stereocenters. The molecule has 164 valence electrons. The molecule has 0 atom stereocenters. The summed E-state index contributed by atoms with van der Waals surface area (Å²) in [7, 11) is 2.87. The van der Waals surface area contributed by atoms with E-state index >= 15 is 0 Å². The number of carbonyl (C=O) groups is 4. The first-order chi connectivity index (χ1) is 15.7. The number of benzene rings is 1. The smallest absolute Gasteiger partial charge is 0.271 e. The van der Waals surface area contributed by atoms with E-state index in [4.69, 9.17) is 11.5 Å². The fourth-order valence-electron chi connectivity index (χ4n) is 4.05. The van der Waals surface area contributed by atoms with Gasteiger partial charge in [0.2, 0.25) is 0 Å². The molecule has 0 radical (unpaired) electrons. The quantitative estimate of drug-likeness (QED) is 0.317. The number of amides is 4. The maximum atomic E-state index is 12.4. The van der Waals surface area contributed by atoms with Crippen molar-refractivity contribution in [3.05, 3.63) is 33.0 Å². The Bertz CT molecular complexity index is 1430. The average molecular weight is 497 g/mol. The van der Waals surface area contributed by atoms with E-state index < -0.39 is 0 Å². The zero-order valence-corrected chi connectivity index (χ0v) is 19.4. The predicted molar refractivity (Wildman–Crippen MR) is 126 cm³/mol. The molecule has 2 aliphatic rings. The fraction of sp³-hybridized carbons (Fsp3) is 0.100. The molecule has 0 aliphatic carbocycles. The van der Waals surface area contributed by atoms with Crippen molar-refractivity contribution < 1.29 is 19.2 Å². The molecule has 0 saturated carbocycles. The van der Waals surface area contributed by atoms with E-state index in [9.17, 15) is 19.2 Å². The molecule has 0 bridgehead atoms. The summed E-state index contributed by atoms with van der Waals surface area (Å²) in [5.41, 5.74) is 15.9. The lowest BCUT2D eigenvalue weighted by Crippen LogP contribution is -2.24. The average Bonchev–Trinajstić information content (AvgIpc) is 3.59. The monoisotopic (exact) mass is 496 g/mol. The van der Waals surface area contributed by atoms with Crippen LogP contribution in [0.5, 0.6) is 0 Å². The molecular formula is C20H12N6O4S3. The number of anilines is 2. The molecule has 6 rings (SSSR count). The maximum Gasteiger partial charge on any atom is 0.271 e. The van der Waals surface area contributed by atoms with Gasteiger partial charge in [-0.05, 0) is 12.1 Å². The highest BCUT2D eigenvalue weighted by atomic mass is 32.1. The van der Waals surface area contributed by atoms with E-state index in [1.54, 1.807) is 12.1 Å². The third kappa shape index (κ3) is 2.40. The Morgan fingerprint density at radius 1 is 0.697 bits per heavy atom. The second kappa shape index (κ2) is 6.43. The summed E-state index contributed by atoms with van der Waals surface area (Å²) in [6, 6.07) is 3.25. The molecule has 2 aliphatic heterocycles. The van der Waals surface area contributed by atoms with Crippen LogP contribution in [0.25, 0.3) is 31.9 Å². The van der Waals surface area contributed by atoms with Gasteiger partial charge in [0.25, 0.3) is 23.6 Å². The Kier molecular flexibility index (Phi) is 3.89. The number of imide groups is 2. The Hall–Kier alpha value is -3.68. The highest BCUT2D eigenvalue weighted by Crippen LogP contribution is 2.49. The van der Waals surface area contributed by atoms with Crippen LogP contribution < -0.4 is 11.5 Å². The summed E-state index contributed by atoms with van der Waals surface area (Å²) >= 11 is 3.27. The van der Waals surface area contributed by atoms with Gasteiger partial charge in [-0.2, -0.15) is 8.75 Å². The first-order valence-corrected chi connectivity index (χ1v) is 11.8. The second-order valence-electron chi connectivity index (χ2n) is 7.58. The van der Waals surface area contributed by atoms with Gasteiger partial charge in [0, 0.05) is 35.0 Å². The molecule has 0 spiro atoms. The highest BCUT2D eigenvalue weighted by Gasteiger charge is 2.38. The fourth-order valence-corrected chi connectivity index (χ4v) is 6.99. The van der Waals surface area contributed by atoms with Gasteiger partial charge in [-0.1, -0.05) is 0 Å². The van der Waals surface area contributed by atoms with Gasteiger partial charge < -0.3 is 11.5 Å².